The van der Waals surface area contributed by atoms with Gasteiger partial charge in [-0.1, -0.05) is 6.07 Å². The van der Waals surface area contributed by atoms with Crippen molar-refractivity contribution in [2.45, 2.75) is 4.90 Å². The molecule has 1 N–H and O–H groups in total. The van der Waals surface area contributed by atoms with Crippen LogP contribution in [0.4, 0.5) is 11.4 Å². The molecule has 1 aromatic heterocycles. The van der Waals surface area contributed by atoms with E-state index in [2.05, 4.69) is 10.3 Å². The van der Waals surface area contributed by atoms with Crippen molar-refractivity contribution in [3.05, 3.63) is 40.6 Å². The molecule has 0 saturated heterocycles. The van der Waals surface area contributed by atoms with E-state index in [0.29, 0.717) is 17.1 Å². The van der Waals surface area contributed by atoms with Gasteiger partial charge >= 0.3 is 0 Å². The van der Waals surface area contributed by atoms with Crippen molar-refractivity contribution in [3.63, 3.8) is 0 Å². The van der Waals surface area contributed by atoms with Crippen LogP contribution in [0.2, 0.25) is 0 Å². The van der Waals surface area contributed by atoms with Crippen molar-refractivity contribution >= 4 is 38.3 Å². The number of aliphatic imine (C=N–C) groups is 1. The van der Waals surface area contributed by atoms with Gasteiger partial charge in [0.05, 0.1) is 33.4 Å². The number of fused-ring (bicyclic) bond motifs is 1. The second-order valence-corrected chi connectivity index (χ2v) is 7.30. The van der Waals surface area contributed by atoms with Gasteiger partial charge in [0.25, 0.3) is 0 Å². The first-order chi connectivity index (χ1) is 9.04. The number of anilines is 1. The largest absolute Gasteiger partial charge is 0.378 e. The Morgan fingerprint density at radius 1 is 1.32 bits per heavy atom. The van der Waals surface area contributed by atoms with Crippen molar-refractivity contribution in [1.29, 1.82) is 0 Å². The summed E-state index contributed by atoms with van der Waals surface area (Å²) in [4.78, 5) is 5.96. The third-order valence-corrected chi connectivity index (χ3v) is 4.93. The maximum atomic E-state index is 11.6. The Morgan fingerprint density at radius 2 is 2.16 bits per heavy atom. The van der Waals surface area contributed by atoms with Crippen LogP contribution < -0.4 is 5.32 Å². The molecule has 0 spiro atoms. The van der Waals surface area contributed by atoms with Gasteiger partial charge < -0.3 is 5.32 Å². The number of nitrogens with zero attached hydrogens (tertiary/aromatic N) is 1. The SMILES string of the molecule is CS(=O)(=O)c1ccc2c(c1)N=C(c1cccs1)CN2. The number of nitrogens with one attached hydrogen (secondary N) is 1. The summed E-state index contributed by atoms with van der Waals surface area (Å²) in [5, 5.41) is 5.26. The minimum absolute atomic E-state index is 0.296. The minimum Gasteiger partial charge on any atom is -0.378 e. The first kappa shape index (κ1) is 12.4. The average molecular weight is 292 g/mol. The smallest absolute Gasteiger partial charge is 0.175 e. The quantitative estimate of drug-likeness (QED) is 0.926. The van der Waals surface area contributed by atoms with Gasteiger partial charge in [-0.05, 0) is 29.6 Å². The van der Waals surface area contributed by atoms with Crippen LogP contribution in [-0.2, 0) is 9.84 Å². The Hall–Kier alpha value is -1.66. The third-order valence-electron chi connectivity index (χ3n) is 2.90. The maximum absolute atomic E-state index is 11.6. The Morgan fingerprint density at radius 3 is 2.84 bits per heavy atom. The second-order valence-electron chi connectivity index (χ2n) is 4.34. The molecule has 1 aromatic carbocycles. The summed E-state index contributed by atoms with van der Waals surface area (Å²) in [5.41, 5.74) is 2.48. The summed E-state index contributed by atoms with van der Waals surface area (Å²) >= 11 is 1.62. The molecule has 0 saturated carbocycles. The van der Waals surface area contributed by atoms with E-state index in [1.807, 2.05) is 17.5 Å². The van der Waals surface area contributed by atoms with Crippen LogP contribution >= 0.6 is 11.3 Å². The van der Waals surface area contributed by atoms with Gasteiger partial charge in [-0.2, -0.15) is 0 Å². The monoisotopic (exact) mass is 292 g/mol. The van der Waals surface area contributed by atoms with E-state index < -0.39 is 9.84 Å². The Kier molecular flexibility index (Phi) is 2.91. The third kappa shape index (κ3) is 2.41. The molecule has 3 rings (SSSR count). The van der Waals surface area contributed by atoms with Gasteiger partial charge in [-0.25, -0.2) is 13.4 Å². The molecular formula is C13H12N2O2S2. The molecule has 2 heterocycles. The van der Waals surface area contributed by atoms with Crippen molar-refractivity contribution in [2.75, 3.05) is 18.1 Å². The number of hydrogen-bond acceptors (Lipinski definition) is 5. The zero-order chi connectivity index (χ0) is 13.5. The van der Waals surface area contributed by atoms with E-state index in [0.717, 1.165) is 16.3 Å². The maximum Gasteiger partial charge on any atom is 0.175 e. The Balaban J connectivity index is 2.09. The van der Waals surface area contributed by atoms with Crippen LogP contribution in [0.3, 0.4) is 0 Å². The van der Waals surface area contributed by atoms with Gasteiger partial charge in [0, 0.05) is 6.26 Å². The molecule has 0 aliphatic carbocycles. The highest BCUT2D eigenvalue weighted by atomic mass is 32.2. The minimum atomic E-state index is -3.20. The fraction of sp³-hybridized carbons (Fsp3) is 0.154. The topological polar surface area (TPSA) is 58.5 Å². The highest BCUT2D eigenvalue weighted by molar-refractivity contribution is 7.90. The summed E-state index contributed by atoms with van der Waals surface area (Å²) in [6.07, 6.45) is 1.20. The van der Waals surface area contributed by atoms with Gasteiger partial charge in [-0.15, -0.1) is 11.3 Å². The first-order valence-corrected chi connectivity index (χ1v) is 8.50. The zero-order valence-electron chi connectivity index (χ0n) is 10.3. The van der Waals surface area contributed by atoms with Crippen molar-refractivity contribution in [2.24, 2.45) is 4.99 Å². The Labute approximate surface area is 115 Å². The molecular weight excluding hydrogens is 280 g/mol. The molecule has 0 fully saturated rings. The van der Waals surface area contributed by atoms with Crippen molar-refractivity contribution in [3.8, 4) is 0 Å². The molecule has 0 amide bonds. The normalized spacial score (nSPS) is 14.5. The lowest BCUT2D eigenvalue weighted by atomic mass is 10.2. The summed E-state index contributed by atoms with van der Waals surface area (Å²) in [6.45, 7) is 0.658. The van der Waals surface area contributed by atoms with Crippen molar-refractivity contribution in [1.82, 2.24) is 0 Å². The molecule has 19 heavy (non-hydrogen) atoms. The van der Waals surface area contributed by atoms with Gasteiger partial charge in [-0.3, -0.25) is 0 Å². The molecule has 0 unspecified atom stereocenters. The fourth-order valence-electron chi connectivity index (χ4n) is 1.93. The van der Waals surface area contributed by atoms with E-state index >= 15 is 0 Å². The van der Waals surface area contributed by atoms with Crippen LogP contribution in [0.15, 0.2) is 45.6 Å². The average Bonchev–Trinajstić information content (AvgIpc) is 2.90. The van der Waals surface area contributed by atoms with Gasteiger partial charge in [0.1, 0.15) is 0 Å². The molecule has 6 heteroatoms. The van der Waals surface area contributed by atoms with E-state index in [1.165, 1.54) is 6.26 Å². The van der Waals surface area contributed by atoms with Crippen LogP contribution in [0.5, 0.6) is 0 Å². The van der Waals surface area contributed by atoms with Crippen LogP contribution in [-0.4, -0.2) is 26.9 Å². The van der Waals surface area contributed by atoms with Gasteiger partial charge in [0.2, 0.25) is 0 Å². The van der Waals surface area contributed by atoms with Crippen molar-refractivity contribution < 1.29 is 8.42 Å². The number of thiophene rings is 1. The fourth-order valence-corrected chi connectivity index (χ4v) is 3.29. The van der Waals surface area contributed by atoms with Crippen LogP contribution in [0, 0.1) is 0 Å². The first-order valence-electron chi connectivity index (χ1n) is 5.73. The highest BCUT2D eigenvalue weighted by Gasteiger charge is 2.16. The second kappa shape index (κ2) is 4.47. The number of hydrogen-bond donors (Lipinski definition) is 1. The molecule has 2 aromatic rings. The van der Waals surface area contributed by atoms with Crippen LogP contribution in [0.25, 0.3) is 0 Å². The lowest BCUT2D eigenvalue weighted by Gasteiger charge is -2.17. The molecule has 4 nitrogen and oxygen atoms in total. The highest BCUT2D eigenvalue weighted by Crippen LogP contribution is 2.32. The summed E-state index contributed by atoms with van der Waals surface area (Å²) in [5.74, 6) is 0. The number of benzene rings is 1. The predicted octanol–water partition coefficient (Wildman–Crippen LogP) is 2.70. The summed E-state index contributed by atoms with van der Waals surface area (Å²) in [6, 6.07) is 8.97. The predicted molar refractivity (Wildman–Crippen MR) is 78.6 cm³/mol. The van der Waals surface area contributed by atoms with E-state index in [9.17, 15) is 8.42 Å². The zero-order valence-corrected chi connectivity index (χ0v) is 11.9. The Bertz CT molecular complexity index is 747. The molecule has 0 atom stereocenters. The lowest BCUT2D eigenvalue weighted by Crippen LogP contribution is -2.17. The van der Waals surface area contributed by atoms with Crippen LogP contribution in [0.1, 0.15) is 4.88 Å². The lowest BCUT2D eigenvalue weighted by molar-refractivity contribution is 0.602. The molecule has 0 bridgehead atoms. The van der Waals surface area contributed by atoms with E-state index in [1.54, 1.807) is 29.5 Å². The summed E-state index contributed by atoms with van der Waals surface area (Å²) < 4.78 is 23.1. The van der Waals surface area contributed by atoms with E-state index in [-0.39, 0.29) is 0 Å². The molecule has 98 valence electrons. The number of sulfone groups is 1. The summed E-state index contributed by atoms with van der Waals surface area (Å²) in [7, 11) is -3.20. The standard InChI is InChI=1S/C13H12N2O2S2/c1-19(16,17)9-4-5-10-11(7-9)15-12(8-14-10)13-3-2-6-18-13/h2-7,14H,8H2,1H3. The molecule has 0 radical (unpaired) electrons. The number of rotatable bonds is 2. The molecule has 1 aliphatic heterocycles. The van der Waals surface area contributed by atoms with Gasteiger partial charge in [0.15, 0.2) is 9.84 Å². The molecule has 1 aliphatic rings. The van der Waals surface area contributed by atoms with E-state index in [4.69, 9.17) is 0 Å².